The van der Waals surface area contributed by atoms with E-state index in [0.29, 0.717) is 0 Å². The van der Waals surface area contributed by atoms with Gasteiger partial charge < -0.3 is 5.11 Å². The van der Waals surface area contributed by atoms with Crippen LogP contribution in [0.5, 0.6) is 0 Å². The summed E-state index contributed by atoms with van der Waals surface area (Å²) >= 11 is 0. The summed E-state index contributed by atoms with van der Waals surface area (Å²) in [6.45, 7) is 4.77. The van der Waals surface area contributed by atoms with Gasteiger partial charge >= 0.3 is 0 Å². The van der Waals surface area contributed by atoms with Crippen molar-refractivity contribution in [2.24, 2.45) is 0 Å². The predicted octanol–water partition coefficient (Wildman–Crippen LogP) is 1.69. The Bertz CT molecular complexity index is 276. The summed E-state index contributed by atoms with van der Waals surface area (Å²) in [6, 6.07) is 1.94. The Morgan fingerprint density at radius 1 is 1.69 bits per heavy atom. The van der Waals surface area contributed by atoms with E-state index in [-0.39, 0.29) is 0 Å². The van der Waals surface area contributed by atoms with Crippen LogP contribution in [0.4, 0.5) is 0 Å². The fraction of sp³-hybridized carbons (Fsp3) is 0.500. The molecule has 0 saturated carbocycles. The van der Waals surface area contributed by atoms with Gasteiger partial charge in [0.15, 0.2) is 0 Å². The normalized spacial score (nSPS) is 13.8. The number of aryl methyl sites for hydroxylation is 1. The predicted molar refractivity (Wildman–Crippen MR) is 53.2 cm³/mol. The molecule has 1 heterocycles. The van der Waals surface area contributed by atoms with E-state index in [0.717, 1.165) is 18.7 Å². The number of rotatable bonds is 4. The smallest absolute Gasteiger partial charge is 0.0696 e. The summed E-state index contributed by atoms with van der Waals surface area (Å²) in [6.07, 6.45) is 6.09. The van der Waals surface area contributed by atoms with Crippen LogP contribution in [0.25, 0.3) is 6.08 Å². The highest BCUT2D eigenvalue weighted by atomic mass is 16.3. The Hall–Kier alpha value is -1.09. The van der Waals surface area contributed by atoms with Gasteiger partial charge in [0.2, 0.25) is 0 Å². The quantitative estimate of drug-likeness (QED) is 0.765. The zero-order chi connectivity index (χ0) is 9.68. The maximum Gasteiger partial charge on any atom is 0.0696 e. The molecule has 0 bridgehead atoms. The van der Waals surface area contributed by atoms with Gasteiger partial charge in [0.1, 0.15) is 0 Å². The summed E-state index contributed by atoms with van der Waals surface area (Å²) in [7, 11) is 0. The number of aromatic nitrogens is 2. The molecule has 0 spiro atoms. The highest BCUT2D eigenvalue weighted by molar-refractivity contribution is 5.44. The van der Waals surface area contributed by atoms with E-state index in [9.17, 15) is 0 Å². The van der Waals surface area contributed by atoms with Gasteiger partial charge in [-0.2, -0.15) is 5.10 Å². The van der Waals surface area contributed by atoms with Gasteiger partial charge in [-0.15, -0.1) is 0 Å². The Balaban J connectivity index is 2.70. The van der Waals surface area contributed by atoms with Gasteiger partial charge in [0, 0.05) is 12.7 Å². The van der Waals surface area contributed by atoms with Crippen molar-refractivity contribution >= 4 is 6.08 Å². The number of hydrogen-bond acceptors (Lipinski definition) is 2. The highest BCUT2D eigenvalue weighted by Crippen LogP contribution is 2.03. The molecular formula is C10H16N2O. The fourth-order valence-electron chi connectivity index (χ4n) is 1.12. The van der Waals surface area contributed by atoms with E-state index in [2.05, 4.69) is 12.0 Å². The topological polar surface area (TPSA) is 38.0 Å². The van der Waals surface area contributed by atoms with Crippen LogP contribution in [-0.2, 0) is 6.54 Å². The first-order chi connectivity index (χ1) is 6.24. The number of aliphatic hydroxyl groups is 1. The molecule has 0 aliphatic rings. The Morgan fingerprint density at radius 2 is 2.46 bits per heavy atom. The molecule has 0 amide bonds. The number of aliphatic hydroxyl groups excluding tert-OH is 1. The summed E-state index contributed by atoms with van der Waals surface area (Å²) in [5.41, 5.74) is 1.04. The van der Waals surface area contributed by atoms with Crippen LogP contribution < -0.4 is 0 Å². The first-order valence-corrected chi connectivity index (χ1v) is 4.62. The van der Waals surface area contributed by atoms with Gasteiger partial charge in [-0.25, -0.2) is 0 Å². The molecule has 0 radical (unpaired) electrons. The van der Waals surface area contributed by atoms with Crippen LogP contribution >= 0.6 is 0 Å². The van der Waals surface area contributed by atoms with Gasteiger partial charge in [-0.1, -0.05) is 13.0 Å². The monoisotopic (exact) mass is 180 g/mol. The Labute approximate surface area is 78.7 Å². The molecular weight excluding hydrogens is 164 g/mol. The van der Waals surface area contributed by atoms with Crippen LogP contribution in [-0.4, -0.2) is 21.0 Å². The molecule has 0 aromatic carbocycles. The maximum absolute atomic E-state index is 9.06. The zero-order valence-electron chi connectivity index (χ0n) is 8.14. The van der Waals surface area contributed by atoms with Gasteiger partial charge in [-0.3, -0.25) is 4.68 Å². The number of hydrogen-bond donors (Lipinski definition) is 1. The minimum absolute atomic E-state index is 0.398. The van der Waals surface area contributed by atoms with E-state index in [1.807, 2.05) is 16.8 Å². The molecule has 0 aliphatic heterocycles. The third-order valence-corrected chi connectivity index (χ3v) is 1.73. The SMILES string of the molecule is CCCn1nccc1/C=C/C(C)O. The average molecular weight is 180 g/mol. The molecule has 13 heavy (non-hydrogen) atoms. The van der Waals surface area contributed by atoms with Crippen LogP contribution in [0, 0.1) is 0 Å². The second-order valence-electron chi connectivity index (χ2n) is 3.08. The molecule has 72 valence electrons. The Morgan fingerprint density at radius 3 is 3.08 bits per heavy atom. The fourth-order valence-corrected chi connectivity index (χ4v) is 1.12. The van der Waals surface area contributed by atoms with Crippen LogP contribution in [0.3, 0.4) is 0 Å². The van der Waals surface area contributed by atoms with Crippen LogP contribution in [0.15, 0.2) is 18.3 Å². The molecule has 1 aromatic rings. The Kier molecular flexibility index (Phi) is 3.71. The van der Waals surface area contributed by atoms with Crippen molar-refractivity contribution in [1.29, 1.82) is 0 Å². The molecule has 1 rings (SSSR count). The van der Waals surface area contributed by atoms with E-state index in [1.54, 1.807) is 19.2 Å². The molecule has 1 aromatic heterocycles. The molecule has 1 N–H and O–H groups in total. The number of nitrogens with zero attached hydrogens (tertiary/aromatic N) is 2. The average Bonchev–Trinajstić information content (AvgIpc) is 2.49. The molecule has 0 aliphatic carbocycles. The maximum atomic E-state index is 9.06. The molecule has 1 unspecified atom stereocenters. The first-order valence-electron chi connectivity index (χ1n) is 4.62. The van der Waals surface area contributed by atoms with E-state index < -0.39 is 6.10 Å². The standard InChI is InChI=1S/C10H16N2O/c1-3-8-12-10(6-7-11-12)5-4-9(2)13/h4-7,9,13H,3,8H2,1-2H3/b5-4+. The van der Waals surface area contributed by atoms with Crippen LogP contribution in [0.2, 0.25) is 0 Å². The van der Waals surface area contributed by atoms with E-state index in [4.69, 9.17) is 5.11 Å². The zero-order valence-corrected chi connectivity index (χ0v) is 8.14. The summed E-state index contributed by atoms with van der Waals surface area (Å²) in [5.74, 6) is 0. The molecule has 0 fully saturated rings. The molecule has 0 saturated heterocycles. The van der Waals surface area contributed by atoms with Gasteiger partial charge in [0.25, 0.3) is 0 Å². The van der Waals surface area contributed by atoms with E-state index >= 15 is 0 Å². The van der Waals surface area contributed by atoms with Gasteiger partial charge in [0.05, 0.1) is 11.8 Å². The summed E-state index contributed by atoms with van der Waals surface area (Å²) in [5, 5.41) is 13.2. The lowest BCUT2D eigenvalue weighted by Crippen LogP contribution is -2.01. The third-order valence-electron chi connectivity index (χ3n) is 1.73. The summed E-state index contributed by atoms with van der Waals surface area (Å²) < 4.78 is 1.93. The second kappa shape index (κ2) is 4.82. The van der Waals surface area contributed by atoms with Crippen molar-refractivity contribution in [3.8, 4) is 0 Å². The van der Waals surface area contributed by atoms with E-state index in [1.165, 1.54) is 0 Å². The van der Waals surface area contributed by atoms with Crippen LogP contribution in [0.1, 0.15) is 26.0 Å². The summed E-state index contributed by atoms with van der Waals surface area (Å²) in [4.78, 5) is 0. The molecule has 1 atom stereocenters. The molecule has 3 nitrogen and oxygen atoms in total. The lowest BCUT2D eigenvalue weighted by Gasteiger charge is -2.01. The van der Waals surface area contributed by atoms with Gasteiger partial charge in [-0.05, 0) is 25.5 Å². The minimum Gasteiger partial charge on any atom is -0.389 e. The molecule has 3 heteroatoms. The van der Waals surface area contributed by atoms with Crippen molar-refractivity contribution in [3.05, 3.63) is 24.0 Å². The lowest BCUT2D eigenvalue weighted by molar-refractivity contribution is 0.245. The highest BCUT2D eigenvalue weighted by Gasteiger charge is 1.96. The minimum atomic E-state index is -0.398. The van der Waals surface area contributed by atoms with Crippen molar-refractivity contribution in [1.82, 2.24) is 9.78 Å². The van der Waals surface area contributed by atoms with Crippen molar-refractivity contribution in [2.45, 2.75) is 32.9 Å². The van der Waals surface area contributed by atoms with Crippen molar-refractivity contribution in [2.75, 3.05) is 0 Å². The third kappa shape index (κ3) is 3.03. The van der Waals surface area contributed by atoms with Crippen molar-refractivity contribution < 1.29 is 5.11 Å². The lowest BCUT2D eigenvalue weighted by atomic mass is 10.3. The second-order valence-corrected chi connectivity index (χ2v) is 3.08. The first kappa shape index (κ1) is 9.99. The largest absolute Gasteiger partial charge is 0.389 e. The van der Waals surface area contributed by atoms with Crippen molar-refractivity contribution in [3.63, 3.8) is 0 Å².